The molecule has 2 aromatic rings. The van der Waals surface area contributed by atoms with Crippen LogP contribution in [0, 0.1) is 0 Å². The number of rotatable bonds is 16. The van der Waals surface area contributed by atoms with Crippen LogP contribution in [0.3, 0.4) is 0 Å². The van der Waals surface area contributed by atoms with Gasteiger partial charge in [0.05, 0.1) is 11.8 Å². The maximum absolute atomic E-state index is 10.5. The summed E-state index contributed by atoms with van der Waals surface area (Å²) in [4.78, 5) is 10.5. The summed E-state index contributed by atoms with van der Waals surface area (Å²) >= 11 is 0. The Morgan fingerprint density at radius 2 is 1.73 bits per heavy atom. The van der Waals surface area contributed by atoms with Crippen molar-refractivity contribution >= 4 is 12.1 Å². The maximum Gasteiger partial charge on any atom is 0.211 e. The molecule has 0 spiro atoms. The van der Waals surface area contributed by atoms with Crippen LogP contribution >= 0.6 is 0 Å². The molecular weight excluding hydrogens is 380 g/mol. The third-order valence-corrected chi connectivity index (χ3v) is 4.95. The van der Waals surface area contributed by atoms with Gasteiger partial charge in [0.25, 0.3) is 0 Å². The molecule has 0 saturated heterocycles. The summed E-state index contributed by atoms with van der Waals surface area (Å²) in [6, 6.07) is 15.2. The lowest BCUT2D eigenvalue weighted by atomic mass is 10.1. The molecule has 4 N–H and O–H groups in total. The first-order valence-electron chi connectivity index (χ1n) is 10.7. The molecule has 30 heavy (non-hydrogen) atoms. The Labute approximate surface area is 179 Å². The number of unbranched alkanes of at least 4 members (excludes halogenated alkanes) is 3. The molecule has 0 bridgehead atoms. The number of phenolic OH excluding ortho intramolecular Hbond substituents is 1. The lowest BCUT2D eigenvalue weighted by Crippen LogP contribution is -2.22. The average molecular weight is 415 g/mol. The zero-order valence-corrected chi connectivity index (χ0v) is 17.6. The molecular formula is C24H34N2O4. The summed E-state index contributed by atoms with van der Waals surface area (Å²) in [6.45, 7) is 2.90. The molecule has 164 valence electrons. The summed E-state index contributed by atoms with van der Waals surface area (Å²) < 4.78 is 5.71. The van der Waals surface area contributed by atoms with Crippen LogP contribution in [-0.4, -0.2) is 42.9 Å². The van der Waals surface area contributed by atoms with Gasteiger partial charge in [-0.1, -0.05) is 49.2 Å². The number of hydrogen-bond acceptors (Lipinski definition) is 5. The zero-order valence-electron chi connectivity index (χ0n) is 17.6. The molecule has 6 heteroatoms. The Bertz CT molecular complexity index is 724. The SMILES string of the molecule is O=CNc1cc(C(O)CNCCCCCCOCCCc2ccccc2)ccc1O. The van der Waals surface area contributed by atoms with E-state index in [4.69, 9.17) is 4.74 Å². The van der Waals surface area contributed by atoms with E-state index in [-0.39, 0.29) is 5.75 Å². The molecule has 2 rings (SSSR count). The lowest BCUT2D eigenvalue weighted by molar-refractivity contribution is -0.105. The highest BCUT2D eigenvalue weighted by Gasteiger charge is 2.10. The predicted molar refractivity (Wildman–Crippen MR) is 120 cm³/mol. The number of aryl methyl sites for hydroxylation is 1. The van der Waals surface area contributed by atoms with Crippen LogP contribution in [0.1, 0.15) is 49.3 Å². The lowest BCUT2D eigenvalue weighted by Gasteiger charge is -2.14. The van der Waals surface area contributed by atoms with Crippen molar-refractivity contribution in [2.24, 2.45) is 0 Å². The number of aromatic hydroxyl groups is 1. The molecule has 0 aromatic heterocycles. The largest absolute Gasteiger partial charge is 0.506 e. The van der Waals surface area contributed by atoms with Gasteiger partial charge < -0.3 is 25.6 Å². The van der Waals surface area contributed by atoms with Gasteiger partial charge >= 0.3 is 0 Å². The highest BCUT2D eigenvalue weighted by atomic mass is 16.5. The van der Waals surface area contributed by atoms with Gasteiger partial charge in [-0.2, -0.15) is 0 Å². The van der Waals surface area contributed by atoms with Gasteiger partial charge in [-0.05, 0) is 55.5 Å². The molecule has 1 unspecified atom stereocenters. The molecule has 0 saturated carbocycles. The number of carbonyl (C=O) groups excluding carboxylic acids is 1. The summed E-state index contributed by atoms with van der Waals surface area (Å²) in [5.41, 5.74) is 2.31. The van der Waals surface area contributed by atoms with E-state index >= 15 is 0 Å². The molecule has 1 atom stereocenters. The smallest absolute Gasteiger partial charge is 0.211 e. The van der Waals surface area contributed by atoms with Crippen molar-refractivity contribution in [3.05, 3.63) is 59.7 Å². The van der Waals surface area contributed by atoms with Gasteiger partial charge in [0.1, 0.15) is 5.75 Å². The van der Waals surface area contributed by atoms with E-state index in [1.807, 2.05) is 6.07 Å². The fourth-order valence-electron chi connectivity index (χ4n) is 3.23. The number of aliphatic hydroxyl groups excluding tert-OH is 1. The van der Waals surface area contributed by atoms with Gasteiger partial charge in [-0.15, -0.1) is 0 Å². The number of ether oxygens (including phenoxy) is 1. The first-order chi connectivity index (χ1) is 14.7. The van der Waals surface area contributed by atoms with Crippen molar-refractivity contribution in [2.75, 3.05) is 31.6 Å². The van der Waals surface area contributed by atoms with Crippen LogP contribution in [0.15, 0.2) is 48.5 Å². The minimum absolute atomic E-state index is 0.0221. The second-order valence-corrected chi connectivity index (χ2v) is 7.37. The van der Waals surface area contributed by atoms with Crippen molar-refractivity contribution in [3.63, 3.8) is 0 Å². The topological polar surface area (TPSA) is 90.8 Å². The Hall–Kier alpha value is -2.41. The molecule has 2 aromatic carbocycles. The van der Waals surface area contributed by atoms with Gasteiger partial charge in [-0.25, -0.2) is 0 Å². The van der Waals surface area contributed by atoms with E-state index in [0.29, 0.717) is 24.2 Å². The number of hydrogen-bond donors (Lipinski definition) is 4. The van der Waals surface area contributed by atoms with Crippen LogP contribution in [0.2, 0.25) is 0 Å². The molecule has 0 radical (unpaired) electrons. The van der Waals surface area contributed by atoms with E-state index in [1.165, 1.54) is 11.6 Å². The monoisotopic (exact) mass is 414 g/mol. The standard InChI is InChI=1S/C24H34N2O4/c27-19-26-22-17-21(12-13-23(22)28)24(29)18-25-14-6-1-2-7-15-30-16-8-11-20-9-4-3-5-10-20/h3-5,9-10,12-13,17,19,24-25,28-29H,1-2,6-8,11,14-16,18H2,(H,26,27). The number of aliphatic hydroxyl groups is 1. The average Bonchev–Trinajstić information content (AvgIpc) is 2.76. The summed E-state index contributed by atoms with van der Waals surface area (Å²) in [5, 5.41) is 25.6. The predicted octanol–water partition coefficient (Wildman–Crippen LogP) is 3.79. The van der Waals surface area contributed by atoms with Gasteiger partial charge in [0, 0.05) is 19.8 Å². The van der Waals surface area contributed by atoms with E-state index < -0.39 is 6.10 Å². The van der Waals surface area contributed by atoms with Crippen molar-refractivity contribution in [3.8, 4) is 5.75 Å². The van der Waals surface area contributed by atoms with Gasteiger partial charge in [0.2, 0.25) is 6.41 Å². The van der Waals surface area contributed by atoms with Crippen molar-refractivity contribution in [1.29, 1.82) is 0 Å². The number of phenols is 1. The van der Waals surface area contributed by atoms with Crippen molar-refractivity contribution in [2.45, 2.75) is 44.6 Å². The second-order valence-electron chi connectivity index (χ2n) is 7.37. The normalized spacial score (nSPS) is 11.9. The molecule has 0 heterocycles. The van der Waals surface area contributed by atoms with E-state index in [1.54, 1.807) is 12.1 Å². The zero-order chi connectivity index (χ0) is 21.4. The number of nitrogens with one attached hydrogen (secondary N) is 2. The summed E-state index contributed by atoms with van der Waals surface area (Å²) in [6.07, 6.45) is 6.33. The van der Waals surface area contributed by atoms with E-state index in [9.17, 15) is 15.0 Å². The Kier molecular flexibility index (Phi) is 11.6. The Morgan fingerprint density at radius 1 is 0.967 bits per heavy atom. The quantitative estimate of drug-likeness (QED) is 0.191. The summed E-state index contributed by atoms with van der Waals surface area (Å²) in [5.74, 6) is -0.0221. The molecule has 6 nitrogen and oxygen atoms in total. The molecule has 0 aliphatic carbocycles. The Balaban J connectivity index is 1.43. The van der Waals surface area contributed by atoms with Gasteiger partial charge in [0.15, 0.2) is 0 Å². The van der Waals surface area contributed by atoms with Gasteiger partial charge in [-0.3, -0.25) is 4.79 Å². The van der Waals surface area contributed by atoms with E-state index in [0.717, 1.165) is 58.3 Å². The third-order valence-electron chi connectivity index (χ3n) is 4.95. The van der Waals surface area contributed by atoms with Crippen LogP contribution < -0.4 is 10.6 Å². The number of amides is 1. The molecule has 1 amide bonds. The first kappa shape index (κ1) is 23.9. The van der Waals surface area contributed by atoms with Crippen LogP contribution in [0.4, 0.5) is 5.69 Å². The van der Waals surface area contributed by atoms with Crippen molar-refractivity contribution in [1.82, 2.24) is 5.32 Å². The number of carbonyl (C=O) groups is 1. The second kappa shape index (κ2) is 14.6. The minimum atomic E-state index is -0.693. The van der Waals surface area contributed by atoms with E-state index in [2.05, 4.69) is 34.9 Å². The third kappa shape index (κ3) is 9.39. The van der Waals surface area contributed by atoms with Crippen LogP contribution in [0.25, 0.3) is 0 Å². The number of anilines is 1. The highest BCUT2D eigenvalue weighted by Crippen LogP contribution is 2.26. The summed E-state index contributed by atoms with van der Waals surface area (Å²) in [7, 11) is 0. The first-order valence-corrected chi connectivity index (χ1v) is 10.7. The fourth-order valence-corrected chi connectivity index (χ4v) is 3.23. The van der Waals surface area contributed by atoms with Crippen LogP contribution in [-0.2, 0) is 16.0 Å². The minimum Gasteiger partial charge on any atom is -0.506 e. The number of benzene rings is 2. The maximum atomic E-state index is 10.5. The molecule has 0 fully saturated rings. The molecule has 0 aliphatic heterocycles. The molecule has 0 aliphatic rings. The highest BCUT2D eigenvalue weighted by molar-refractivity contribution is 5.75. The van der Waals surface area contributed by atoms with Crippen molar-refractivity contribution < 1.29 is 19.7 Å². The van der Waals surface area contributed by atoms with Crippen LogP contribution in [0.5, 0.6) is 5.75 Å². The fraction of sp³-hybridized carbons (Fsp3) is 0.458. The Morgan fingerprint density at radius 3 is 2.53 bits per heavy atom.